The molecule has 2 fully saturated rings. The number of carbonyl (C=O) groups excluding carboxylic acids is 2. The molecular weight excluding hydrogens is 266 g/mol. The molecule has 0 aromatic rings. The van der Waals surface area contributed by atoms with E-state index in [0.29, 0.717) is 0 Å². The van der Waals surface area contributed by atoms with Crippen molar-refractivity contribution in [3.05, 3.63) is 0 Å². The monoisotopic (exact) mass is 287 g/mol. The molecule has 1 N–H and O–H groups in total. The first-order valence-electron chi connectivity index (χ1n) is 6.54. The minimum Gasteiger partial charge on any atom is -0.444 e. The molecule has 2 aliphatic rings. The third-order valence-electron chi connectivity index (χ3n) is 3.34. The summed E-state index contributed by atoms with van der Waals surface area (Å²) in [5, 5.41) is 9.55. The van der Waals surface area contributed by atoms with Crippen LogP contribution in [0.5, 0.6) is 0 Å². The van der Waals surface area contributed by atoms with Gasteiger partial charge in [0.2, 0.25) is 6.29 Å². The average molecular weight is 287 g/mol. The number of cyclic esters (lactones) is 1. The maximum atomic E-state index is 12.4. The van der Waals surface area contributed by atoms with Crippen LogP contribution in [-0.2, 0) is 19.0 Å². The Morgan fingerprint density at radius 3 is 2.50 bits per heavy atom. The van der Waals surface area contributed by atoms with Crippen molar-refractivity contribution in [2.75, 3.05) is 6.61 Å². The van der Waals surface area contributed by atoms with Gasteiger partial charge < -0.3 is 19.3 Å². The number of nitrogens with zero attached hydrogens (tertiary/aromatic N) is 1. The Labute approximate surface area is 117 Å². The summed E-state index contributed by atoms with van der Waals surface area (Å²) in [6, 6.07) is 0. The zero-order valence-electron chi connectivity index (χ0n) is 12.4. The van der Waals surface area contributed by atoms with E-state index in [1.54, 1.807) is 34.6 Å². The molecule has 0 aliphatic carbocycles. The summed E-state index contributed by atoms with van der Waals surface area (Å²) in [6.07, 6.45) is -1.91. The number of hydrogen-bond donors (Lipinski definition) is 1. The lowest BCUT2D eigenvalue weighted by Gasteiger charge is -2.37. The Bertz CT molecular complexity index is 441. The maximum absolute atomic E-state index is 12.4. The third-order valence-corrected chi connectivity index (χ3v) is 3.34. The number of amides is 1. The van der Waals surface area contributed by atoms with E-state index in [1.165, 1.54) is 4.90 Å². The van der Waals surface area contributed by atoms with Gasteiger partial charge in [0.15, 0.2) is 5.54 Å². The molecule has 114 valence electrons. The van der Waals surface area contributed by atoms with E-state index in [9.17, 15) is 14.7 Å². The molecule has 2 atom stereocenters. The van der Waals surface area contributed by atoms with Crippen molar-refractivity contribution in [3.63, 3.8) is 0 Å². The fraction of sp³-hybridized carbons (Fsp3) is 0.846. The van der Waals surface area contributed by atoms with Gasteiger partial charge >= 0.3 is 12.1 Å². The predicted octanol–water partition coefficient (Wildman–Crippen LogP) is 0.994. The lowest BCUT2D eigenvalue weighted by Crippen LogP contribution is -2.59. The first-order chi connectivity index (χ1) is 8.98. The Hall–Kier alpha value is -1.34. The molecule has 2 saturated heterocycles. The summed E-state index contributed by atoms with van der Waals surface area (Å²) in [7, 11) is 0. The summed E-state index contributed by atoms with van der Waals surface area (Å²) in [6.45, 7) is 8.54. The lowest BCUT2D eigenvalue weighted by atomic mass is 9.96. The molecule has 1 spiro atoms. The van der Waals surface area contributed by atoms with E-state index in [1.807, 2.05) is 0 Å². The van der Waals surface area contributed by atoms with Crippen LogP contribution in [0.1, 0.15) is 41.0 Å². The Kier molecular flexibility index (Phi) is 3.26. The second-order valence-corrected chi connectivity index (χ2v) is 6.65. The number of rotatable bonds is 0. The summed E-state index contributed by atoms with van der Waals surface area (Å²) >= 11 is 0. The zero-order chi connectivity index (χ0) is 15.3. The maximum Gasteiger partial charge on any atom is 0.413 e. The van der Waals surface area contributed by atoms with Gasteiger partial charge in [0.1, 0.15) is 11.3 Å². The highest BCUT2D eigenvalue weighted by molar-refractivity contribution is 5.88. The van der Waals surface area contributed by atoms with Gasteiger partial charge in [-0.1, -0.05) is 0 Å². The van der Waals surface area contributed by atoms with Crippen molar-refractivity contribution >= 4 is 12.1 Å². The van der Waals surface area contributed by atoms with Crippen LogP contribution >= 0.6 is 0 Å². The fourth-order valence-corrected chi connectivity index (χ4v) is 2.59. The summed E-state index contributed by atoms with van der Waals surface area (Å²) in [5.41, 5.74) is -3.02. The number of esters is 1. The van der Waals surface area contributed by atoms with Crippen molar-refractivity contribution in [1.82, 2.24) is 4.90 Å². The Morgan fingerprint density at radius 2 is 2.05 bits per heavy atom. The summed E-state index contributed by atoms with van der Waals surface area (Å²) < 4.78 is 15.7. The van der Waals surface area contributed by atoms with Crippen LogP contribution < -0.4 is 0 Å². The summed E-state index contributed by atoms with van der Waals surface area (Å²) in [5.74, 6) is -0.665. The van der Waals surface area contributed by atoms with E-state index in [-0.39, 0.29) is 13.0 Å². The number of aliphatic hydroxyl groups excluding tert-OH is 1. The lowest BCUT2D eigenvalue weighted by molar-refractivity contribution is -0.159. The molecule has 1 amide bonds. The van der Waals surface area contributed by atoms with Crippen molar-refractivity contribution in [2.45, 2.75) is 64.2 Å². The Balaban J connectivity index is 2.35. The molecule has 0 aromatic carbocycles. The quantitative estimate of drug-likeness (QED) is 0.669. The molecule has 2 aliphatic heterocycles. The average Bonchev–Trinajstić information content (AvgIpc) is 2.63. The van der Waals surface area contributed by atoms with Crippen LogP contribution in [0.4, 0.5) is 4.79 Å². The van der Waals surface area contributed by atoms with E-state index < -0.39 is 35.2 Å². The minimum absolute atomic E-state index is 0.0187. The van der Waals surface area contributed by atoms with Crippen LogP contribution in [0, 0.1) is 0 Å². The van der Waals surface area contributed by atoms with E-state index in [4.69, 9.17) is 14.2 Å². The molecule has 2 unspecified atom stereocenters. The fourth-order valence-electron chi connectivity index (χ4n) is 2.59. The van der Waals surface area contributed by atoms with Crippen LogP contribution in [0.25, 0.3) is 0 Å². The highest BCUT2D eigenvalue weighted by Crippen LogP contribution is 2.43. The van der Waals surface area contributed by atoms with Crippen LogP contribution in [0.2, 0.25) is 0 Å². The van der Waals surface area contributed by atoms with Gasteiger partial charge in [-0.3, -0.25) is 4.90 Å². The van der Waals surface area contributed by atoms with Crippen molar-refractivity contribution in [1.29, 1.82) is 0 Å². The summed E-state index contributed by atoms with van der Waals surface area (Å²) in [4.78, 5) is 25.7. The highest BCUT2D eigenvalue weighted by Gasteiger charge is 2.64. The minimum atomic E-state index is -1.31. The second-order valence-electron chi connectivity index (χ2n) is 6.65. The van der Waals surface area contributed by atoms with Gasteiger partial charge in [-0.15, -0.1) is 0 Å². The molecule has 7 heteroatoms. The first kappa shape index (κ1) is 15.1. The molecule has 2 heterocycles. The Morgan fingerprint density at radius 1 is 1.45 bits per heavy atom. The van der Waals surface area contributed by atoms with Crippen molar-refractivity contribution in [3.8, 4) is 0 Å². The number of aliphatic hydroxyl groups is 1. The van der Waals surface area contributed by atoms with E-state index in [0.717, 1.165) is 0 Å². The largest absolute Gasteiger partial charge is 0.444 e. The smallest absolute Gasteiger partial charge is 0.413 e. The van der Waals surface area contributed by atoms with Gasteiger partial charge in [-0.2, -0.15) is 0 Å². The van der Waals surface area contributed by atoms with E-state index in [2.05, 4.69) is 0 Å². The topological polar surface area (TPSA) is 85.3 Å². The third kappa shape index (κ3) is 2.35. The van der Waals surface area contributed by atoms with Gasteiger partial charge in [-0.05, 0) is 34.6 Å². The first-order valence-corrected chi connectivity index (χ1v) is 6.54. The number of ether oxygens (including phenoxy) is 3. The molecular formula is C13H21NO6. The molecule has 7 nitrogen and oxygen atoms in total. The van der Waals surface area contributed by atoms with Gasteiger partial charge in [0.25, 0.3) is 0 Å². The van der Waals surface area contributed by atoms with Crippen LogP contribution in [0.15, 0.2) is 0 Å². The molecule has 0 radical (unpaired) electrons. The van der Waals surface area contributed by atoms with Crippen LogP contribution in [-0.4, -0.2) is 51.8 Å². The van der Waals surface area contributed by atoms with Crippen molar-refractivity contribution in [2.24, 2.45) is 0 Å². The molecule has 20 heavy (non-hydrogen) atoms. The van der Waals surface area contributed by atoms with Gasteiger partial charge in [0.05, 0.1) is 6.61 Å². The van der Waals surface area contributed by atoms with Gasteiger partial charge in [-0.25, -0.2) is 9.59 Å². The molecule has 0 aromatic heterocycles. The number of hydrogen-bond acceptors (Lipinski definition) is 6. The second kappa shape index (κ2) is 4.33. The SMILES string of the molecule is CC(C)(C)OC(=O)N1C(C)(C)OCC12CC(O)OC2=O. The normalized spacial score (nSPS) is 32.6. The standard InChI is InChI=1S/C13H21NO6/c1-11(2,3)20-10(17)14-12(4,5)18-7-13(14)6-8(15)19-9(13)16/h8,15H,6-7H2,1-5H3. The van der Waals surface area contributed by atoms with Crippen molar-refractivity contribution < 1.29 is 28.9 Å². The molecule has 0 bridgehead atoms. The van der Waals surface area contributed by atoms with Crippen LogP contribution in [0.3, 0.4) is 0 Å². The van der Waals surface area contributed by atoms with E-state index >= 15 is 0 Å². The molecule has 2 rings (SSSR count). The number of carbonyl (C=O) groups is 2. The zero-order valence-corrected chi connectivity index (χ0v) is 12.4. The van der Waals surface area contributed by atoms with Gasteiger partial charge in [0, 0.05) is 6.42 Å². The predicted molar refractivity (Wildman–Crippen MR) is 67.6 cm³/mol. The molecule has 0 saturated carbocycles. The highest BCUT2D eigenvalue weighted by atomic mass is 16.7.